The van der Waals surface area contributed by atoms with Gasteiger partial charge in [-0.3, -0.25) is 14.6 Å². The van der Waals surface area contributed by atoms with Crippen molar-refractivity contribution in [2.45, 2.75) is 25.4 Å². The Hall–Kier alpha value is -4.93. The molecule has 1 aliphatic heterocycles. The number of hydrogen-bond donors (Lipinski definition) is 2. The smallest absolute Gasteiger partial charge is 0.407 e. The number of ether oxygens (including phenoxy) is 1. The van der Waals surface area contributed by atoms with Crippen molar-refractivity contribution in [2.24, 2.45) is 7.05 Å². The van der Waals surface area contributed by atoms with Gasteiger partial charge in [-0.15, -0.1) is 0 Å². The molecule has 1 saturated heterocycles. The summed E-state index contributed by atoms with van der Waals surface area (Å²) in [7, 11) is 3.35. The topological polar surface area (TPSA) is 127 Å². The fourth-order valence-corrected chi connectivity index (χ4v) is 6.51. The molecule has 3 aromatic heterocycles. The van der Waals surface area contributed by atoms with Gasteiger partial charge in [-0.25, -0.2) is 9.78 Å². The number of methoxy groups -OCH3 is 1. The Bertz CT molecular complexity index is 2010. The highest BCUT2D eigenvalue weighted by Crippen LogP contribution is 2.42. The Morgan fingerprint density at radius 1 is 1.13 bits per heavy atom. The van der Waals surface area contributed by atoms with Gasteiger partial charge in [0.15, 0.2) is 6.29 Å². The van der Waals surface area contributed by atoms with Gasteiger partial charge >= 0.3 is 6.09 Å². The number of fused-ring (bicyclic) bond motifs is 1. The van der Waals surface area contributed by atoms with E-state index in [1.165, 1.54) is 12.0 Å². The summed E-state index contributed by atoms with van der Waals surface area (Å²) in [6, 6.07) is 16.4. The van der Waals surface area contributed by atoms with E-state index in [0.717, 1.165) is 22.8 Å². The average molecular weight is 659 g/mol. The summed E-state index contributed by atoms with van der Waals surface area (Å²) < 4.78 is 7.46. The number of carbonyl (C=O) groups excluding carboxylic acids is 2. The zero-order chi connectivity index (χ0) is 32.5. The lowest BCUT2D eigenvalue weighted by Gasteiger charge is -2.23. The highest BCUT2D eigenvalue weighted by molar-refractivity contribution is 6.39. The lowest BCUT2D eigenvalue weighted by atomic mass is 9.99. The normalized spacial score (nSPS) is 14.3. The number of aromatic nitrogens is 3. The highest BCUT2D eigenvalue weighted by atomic mass is 35.5. The van der Waals surface area contributed by atoms with E-state index in [2.05, 4.69) is 15.3 Å². The number of pyridine rings is 2. The number of benzene rings is 2. The van der Waals surface area contributed by atoms with Crippen LogP contribution in [0, 0.1) is 0 Å². The van der Waals surface area contributed by atoms with Gasteiger partial charge in [-0.05, 0) is 30.7 Å². The molecular weight excluding hydrogens is 629 g/mol. The molecule has 5 aromatic rings. The van der Waals surface area contributed by atoms with Crippen molar-refractivity contribution in [1.82, 2.24) is 24.8 Å². The minimum absolute atomic E-state index is 0.0341. The van der Waals surface area contributed by atoms with Crippen molar-refractivity contribution in [1.29, 1.82) is 0 Å². The summed E-state index contributed by atoms with van der Waals surface area (Å²) in [5.74, 6) is 0.184. The minimum atomic E-state index is -1.11. The van der Waals surface area contributed by atoms with Crippen molar-refractivity contribution >= 4 is 52.4 Å². The number of hydrogen-bond acceptors (Lipinski definition) is 6. The highest BCUT2D eigenvalue weighted by Gasteiger charge is 2.26. The largest absolute Gasteiger partial charge is 0.481 e. The summed E-state index contributed by atoms with van der Waals surface area (Å²) in [6.07, 6.45) is 4.16. The number of aryl methyl sites for hydroxylation is 1. The molecule has 46 heavy (non-hydrogen) atoms. The molecule has 0 bridgehead atoms. The van der Waals surface area contributed by atoms with Gasteiger partial charge in [0.05, 0.1) is 35.1 Å². The summed E-state index contributed by atoms with van der Waals surface area (Å²) in [6.45, 7) is 0.194. The number of nitrogens with one attached hydrogen (secondary N) is 1. The molecule has 0 spiro atoms. The van der Waals surface area contributed by atoms with E-state index in [0.29, 0.717) is 62.1 Å². The third-order valence-corrected chi connectivity index (χ3v) is 8.96. The van der Waals surface area contributed by atoms with Crippen LogP contribution >= 0.6 is 23.2 Å². The number of carboxylic acid groups (broad SMARTS) is 1. The molecular formula is C34H29Cl2N5O5. The van der Waals surface area contributed by atoms with Gasteiger partial charge in [0.2, 0.25) is 11.8 Å². The Morgan fingerprint density at radius 2 is 1.91 bits per heavy atom. The van der Waals surface area contributed by atoms with Gasteiger partial charge in [0, 0.05) is 82.7 Å². The molecule has 0 radical (unpaired) electrons. The third-order valence-electron chi connectivity index (χ3n) is 8.17. The molecule has 12 heteroatoms. The van der Waals surface area contributed by atoms with Gasteiger partial charge in [-0.1, -0.05) is 53.5 Å². The number of aldehydes is 1. The Balaban J connectivity index is 1.32. The van der Waals surface area contributed by atoms with Crippen molar-refractivity contribution in [3.8, 4) is 39.5 Å². The zero-order valence-corrected chi connectivity index (χ0v) is 26.5. The second-order valence-electron chi connectivity index (χ2n) is 11.1. The Kier molecular flexibility index (Phi) is 8.66. The van der Waals surface area contributed by atoms with Crippen LogP contribution in [-0.2, 0) is 18.4 Å². The molecule has 234 valence electrons. The van der Waals surface area contributed by atoms with E-state index < -0.39 is 6.09 Å². The second kappa shape index (κ2) is 12.8. The molecule has 0 aliphatic carbocycles. The molecule has 2 amide bonds. The van der Waals surface area contributed by atoms with Crippen LogP contribution in [0.2, 0.25) is 10.0 Å². The lowest BCUT2D eigenvalue weighted by molar-refractivity contribution is -0.119. The molecule has 10 nitrogen and oxygen atoms in total. The Labute approximate surface area is 274 Å². The predicted octanol–water partition coefficient (Wildman–Crippen LogP) is 6.86. The van der Waals surface area contributed by atoms with Gasteiger partial charge in [0.25, 0.3) is 0 Å². The van der Waals surface area contributed by atoms with E-state index >= 15 is 0 Å². The summed E-state index contributed by atoms with van der Waals surface area (Å²) >= 11 is 14.0. The molecule has 0 saturated carbocycles. The van der Waals surface area contributed by atoms with Crippen LogP contribution in [0.4, 0.5) is 4.79 Å². The van der Waals surface area contributed by atoms with Crippen LogP contribution in [0.1, 0.15) is 28.8 Å². The fraction of sp³-hybridized carbons (Fsp3) is 0.206. The molecule has 6 rings (SSSR count). The Morgan fingerprint density at radius 3 is 2.63 bits per heavy atom. The maximum atomic E-state index is 12.0. The first kappa shape index (κ1) is 31.1. The number of carbonyl (C=O) groups is 3. The predicted molar refractivity (Wildman–Crippen MR) is 176 cm³/mol. The van der Waals surface area contributed by atoms with E-state index in [-0.39, 0.29) is 30.9 Å². The van der Waals surface area contributed by atoms with Crippen molar-refractivity contribution < 1.29 is 24.2 Å². The molecule has 1 aliphatic rings. The fourth-order valence-electron chi connectivity index (χ4n) is 5.86. The lowest BCUT2D eigenvalue weighted by Crippen LogP contribution is -2.41. The van der Waals surface area contributed by atoms with Crippen LogP contribution in [0.25, 0.3) is 44.5 Å². The van der Waals surface area contributed by atoms with Crippen LogP contribution in [0.3, 0.4) is 0 Å². The van der Waals surface area contributed by atoms with Gasteiger partial charge in [0.1, 0.15) is 0 Å². The average Bonchev–Trinajstić information content (AvgIpc) is 3.62. The van der Waals surface area contributed by atoms with E-state index in [1.54, 1.807) is 30.6 Å². The van der Waals surface area contributed by atoms with Crippen LogP contribution < -0.4 is 10.1 Å². The maximum Gasteiger partial charge on any atom is 0.407 e. The summed E-state index contributed by atoms with van der Waals surface area (Å²) in [5.41, 5.74) is 5.94. The third kappa shape index (κ3) is 5.89. The second-order valence-corrected chi connectivity index (χ2v) is 11.8. The molecule has 4 heterocycles. The van der Waals surface area contributed by atoms with E-state index in [4.69, 9.17) is 27.9 Å². The number of nitrogens with zero attached hydrogens (tertiary/aromatic N) is 4. The molecule has 0 unspecified atom stereocenters. The molecule has 1 fully saturated rings. The number of halogens is 2. The standard InChI is InChI=1S/C34H29Cl2N5O5/c1-40-15-21(18-42)23-9-6-19(14-28(23)40)32-31(36)25(12-13-37-32)24-4-3-5-26(30(24)35)27-10-7-20(33(39-27)46-2)16-41(34(44)45)17-22-8-11-29(43)38-22/h3-7,9-10,12-15,18,22H,8,11,16-17H2,1-2H3,(H,38,43)(H,44,45)/t22-/m0/s1. The summed E-state index contributed by atoms with van der Waals surface area (Å²) in [4.78, 5) is 45.6. The monoisotopic (exact) mass is 657 g/mol. The first-order valence-electron chi connectivity index (χ1n) is 14.5. The van der Waals surface area contributed by atoms with Gasteiger partial charge in [-0.2, -0.15) is 0 Å². The first-order chi connectivity index (χ1) is 22.2. The zero-order valence-electron chi connectivity index (χ0n) is 25.0. The van der Waals surface area contributed by atoms with Crippen LogP contribution in [-0.4, -0.2) is 62.5 Å². The van der Waals surface area contributed by atoms with Crippen molar-refractivity contribution in [2.75, 3.05) is 13.7 Å². The molecule has 1 atom stereocenters. The first-order valence-corrected chi connectivity index (χ1v) is 15.2. The van der Waals surface area contributed by atoms with E-state index in [9.17, 15) is 19.5 Å². The quantitative estimate of drug-likeness (QED) is 0.166. The molecule has 2 aromatic carbocycles. The minimum Gasteiger partial charge on any atom is -0.481 e. The SMILES string of the molecule is COc1nc(-c2cccc(-c3ccnc(-c4ccc5c(C=O)cn(C)c5c4)c3Cl)c2Cl)ccc1CN(C[C@@H]1CCC(=O)N1)C(=O)O. The maximum absolute atomic E-state index is 12.0. The summed E-state index contributed by atoms with van der Waals surface area (Å²) in [5, 5.41) is 14.3. The number of rotatable bonds is 9. The van der Waals surface area contributed by atoms with Crippen molar-refractivity contribution in [3.63, 3.8) is 0 Å². The number of amides is 2. The van der Waals surface area contributed by atoms with Gasteiger partial charge < -0.3 is 24.6 Å². The van der Waals surface area contributed by atoms with Crippen molar-refractivity contribution in [3.05, 3.63) is 88.2 Å². The van der Waals surface area contributed by atoms with E-state index in [1.807, 2.05) is 48.0 Å². The van der Waals surface area contributed by atoms with Crippen LogP contribution in [0.5, 0.6) is 5.88 Å². The molecule has 2 N–H and O–H groups in total. The van der Waals surface area contributed by atoms with Crippen LogP contribution in [0.15, 0.2) is 67.0 Å².